The van der Waals surface area contributed by atoms with Crippen molar-refractivity contribution in [3.8, 4) is 5.88 Å². The van der Waals surface area contributed by atoms with Gasteiger partial charge in [0.1, 0.15) is 5.76 Å². The molecule has 0 unspecified atom stereocenters. The highest BCUT2D eigenvalue weighted by atomic mass is 16.5. The Labute approximate surface area is 107 Å². The van der Waals surface area contributed by atoms with Crippen LogP contribution in [-0.4, -0.2) is 11.1 Å². The van der Waals surface area contributed by atoms with Crippen molar-refractivity contribution in [1.29, 1.82) is 0 Å². The van der Waals surface area contributed by atoms with Crippen molar-refractivity contribution in [2.24, 2.45) is 0 Å². The van der Waals surface area contributed by atoms with Crippen molar-refractivity contribution in [1.82, 2.24) is 10.3 Å². The number of aromatic nitrogens is 1. The Morgan fingerprint density at radius 2 is 2.17 bits per heavy atom. The lowest BCUT2D eigenvalue weighted by Crippen LogP contribution is -2.15. The summed E-state index contributed by atoms with van der Waals surface area (Å²) < 4.78 is 10.9. The van der Waals surface area contributed by atoms with Gasteiger partial charge in [0.15, 0.2) is 0 Å². The fraction of sp³-hybridized carbons (Fsp3) is 0.357. The van der Waals surface area contributed by atoms with Crippen LogP contribution in [0.3, 0.4) is 0 Å². The first-order valence-electron chi connectivity index (χ1n) is 6.09. The Kier molecular flexibility index (Phi) is 4.36. The highest BCUT2D eigenvalue weighted by Gasteiger charge is 2.06. The summed E-state index contributed by atoms with van der Waals surface area (Å²) in [5.74, 6) is 1.62. The summed E-state index contributed by atoms with van der Waals surface area (Å²) in [7, 11) is 0. The van der Waals surface area contributed by atoms with Crippen molar-refractivity contribution in [2.45, 2.75) is 33.0 Å². The summed E-state index contributed by atoms with van der Waals surface area (Å²) in [6.45, 7) is 5.39. The highest BCUT2D eigenvalue weighted by Crippen LogP contribution is 2.15. The molecule has 0 aromatic carbocycles. The first kappa shape index (κ1) is 12.6. The molecule has 0 fully saturated rings. The summed E-state index contributed by atoms with van der Waals surface area (Å²) in [6.07, 6.45) is 3.55. The lowest BCUT2D eigenvalue weighted by Gasteiger charge is -2.12. The average Bonchev–Trinajstić information content (AvgIpc) is 2.84. The maximum absolute atomic E-state index is 5.66. The number of hydrogen-bond acceptors (Lipinski definition) is 4. The molecule has 0 saturated heterocycles. The molecule has 0 atom stereocenters. The zero-order valence-electron chi connectivity index (χ0n) is 10.7. The summed E-state index contributed by atoms with van der Waals surface area (Å²) in [5.41, 5.74) is 1.05. The van der Waals surface area contributed by atoms with Crippen LogP contribution < -0.4 is 10.1 Å². The van der Waals surface area contributed by atoms with Gasteiger partial charge in [0, 0.05) is 18.3 Å². The topological polar surface area (TPSA) is 47.3 Å². The molecule has 0 radical (unpaired) electrons. The normalized spacial score (nSPS) is 10.8. The minimum absolute atomic E-state index is 0.128. The minimum Gasteiger partial charge on any atom is -0.475 e. The third kappa shape index (κ3) is 3.60. The van der Waals surface area contributed by atoms with Gasteiger partial charge in [0.05, 0.1) is 18.9 Å². The van der Waals surface area contributed by atoms with Gasteiger partial charge in [-0.15, -0.1) is 0 Å². The Balaban J connectivity index is 1.92. The van der Waals surface area contributed by atoms with Gasteiger partial charge >= 0.3 is 0 Å². The quantitative estimate of drug-likeness (QED) is 0.851. The third-order valence-electron chi connectivity index (χ3n) is 2.39. The van der Waals surface area contributed by atoms with Crippen LogP contribution in [-0.2, 0) is 13.1 Å². The van der Waals surface area contributed by atoms with E-state index in [9.17, 15) is 0 Å². The molecule has 4 heteroatoms. The molecule has 18 heavy (non-hydrogen) atoms. The second-order valence-corrected chi connectivity index (χ2v) is 4.32. The van der Waals surface area contributed by atoms with E-state index in [2.05, 4.69) is 10.3 Å². The number of nitrogens with one attached hydrogen (secondary N) is 1. The van der Waals surface area contributed by atoms with Crippen LogP contribution in [0.25, 0.3) is 0 Å². The Morgan fingerprint density at radius 1 is 1.28 bits per heavy atom. The van der Waals surface area contributed by atoms with Crippen LogP contribution in [0.15, 0.2) is 41.1 Å². The van der Waals surface area contributed by atoms with E-state index in [1.165, 1.54) is 0 Å². The lowest BCUT2D eigenvalue weighted by atomic mass is 10.2. The van der Waals surface area contributed by atoms with Gasteiger partial charge in [-0.05, 0) is 32.0 Å². The zero-order valence-corrected chi connectivity index (χ0v) is 10.7. The molecule has 2 heterocycles. The number of ether oxygens (including phenoxy) is 1. The zero-order chi connectivity index (χ0) is 12.8. The van der Waals surface area contributed by atoms with Crippen molar-refractivity contribution in [3.05, 3.63) is 48.0 Å². The molecule has 2 aromatic rings. The smallest absolute Gasteiger partial charge is 0.218 e. The number of hydrogen-bond donors (Lipinski definition) is 1. The van der Waals surface area contributed by atoms with Gasteiger partial charge in [0.2, 0.25) is 5.88 Å². The molecule has 0 saturated carbocycles. The van der Waals surface area contributed by atoms with E-state index < -0.39 is 0 Å². The Hall–Kier alpha value is -1.81. The molecular weight excluding hydrogens is 228 g/mol. The van der Waals surface area contributed by atoms with E-state index in [1.54, 1.807) is 12.5 Å². The van der Waals surface area contributed by atoms with Gasteiger partial charge in [0.25, 0.3) is 0 Å². The predicted octanol–water partition coefficient (Wildman–Crippen LogP) is 2.75. The Bertz CT molecular complexity index is 466. The SMILES string of the molecule is CC(C)Oc1ncccc1CNCc1ccco1. The molecule has 0 bridgehead atoms. The molecule has 2 aromatic heterocycles. The number of rotatable bonds is 6. The minimum atomic E-state index is 0.128. The van der Waals surface area contributed by atoms with Gasteiger partial charge in [-0.3, -0.25) is 0 Å². The van der Waals surface area contributed by atoms with E-state index in [0.717, 1.165) is 11.3 Å². The molecule has 0 aliphatic heterocycles. The van der Waals surface area contributed by atoms with Crippen molar-refractivity contribution >= 4 is 0 Å². The van der Waals surface area contributed by atoms with E-state index in [4.69, 9.17) is 9.15 Å². The number of pyridine rings is 1. The largest absolute Gasteiger partial charge is 0.475 e. The van der Waals surface area contributed by atoms with Crippen LogP contribution in [0.5, 0.6) is 5.88 Å². The van der Waals surface area contributed by atoms with E-state index >= 15 is 0 Å². The second kappa shape index (κ2) is 6.21. The maximum atomic E-state index is 5.66. The van der Waals surface area contributed by atoms with Crippen LogP contribution in [0.2, 0.25) is 0 Å². The Morgan fingerprint density at radius 3 is 2.89 bits per heavy atom. The van der Waals surface area contributed by atoms with Gasteiger partial charge in [-0.1, -0.05) is 6.07 Å². The number of nitrogens with zero attached hydrogens (tertiary/aromatic N) is 1. The van der Waals surface area contributed by atoms with Crippen molar-refractivity contribution < 1.29 is 9.15 Å². The summed E-state index contributed by atoms with van der Waals surface area (Å²) in [6, 6.07) is 7.76. The van der Waals surface area contributed by atoms with Crippen molar-refractivity contribution in [3.63, 3.8) is 0 Å². The van der Waals surface area contributed by atoms with Gasteiger partial charge < -0.3 is 14.5 Å². The first-order chi connectivity index (χ1) is 8.75. The van der Waals surface area contributed by atoms with Crippen LogP contribution >= 0.6 is 0 Å². The van der Waals surface area contributed by atoms with Crippen LogP contribution in [0.1, 0.15) is 25.2 Å². The molecular formula is C14H18N2O2. The molecule has 0 spiro atoms. The van der Waals surface area contributed by atoms with Gasteiger partial charge in [-0.2, -0.15) is 0 Å². The summed E-state index contributed by atoms with van der Waals surface area (Å²) in [5, 5.41) is 3.30. The molecule has 4 nitrogen and oxygen atoms in total. The molecule has 1 N–H and O–H groups in total. The number of furan rings is 1. The lowest BCUT2D eigenvalue weighted by molar-refractivity contribution is 0.229. The van der Waals surface area contributed by atoms with Crippen LogP contribution in [0.4, 0.5) is 0 Å². The second-order valence-electron chi connectivity index (χ2n) is 4.32. The standard InChI is InChI=1S/C14H18N2O2/c1-11(2)18-14-12(5-3-7-16-14)9-15-10-13-6-4-8-17-13/h3-8,11,15H,9-10H2,1-2H3. The molecule has 0 amide bonds. The summed E-state index contributed by atoms with van der Waals surface area (Å²) >= 11 is 0. The monoisotopic (exact) mass is 246 g/mol. The fourth-order valence-corrected chi connectivity index (χ4v) is 1.62. The van der Waals surface area contributed by atoms with Gasteiger partial charge in [-0.25, -0.2) is 4.98 Å². The molecule has 96 valence electrons. The third-order valence-corrected chi connectivity index (χ3v) is 2.39. The van der Waals surface area contributed by atoms with E-state index in [-0.39, 0.29) is 6.10 Å². The van der Waals surface area contributed by atoms with Crippen molar-refractivity contribution in [2.75, 3.05) is 0 Å². The molecule has 0 aliphatic rings. The van der Waals surface area contributed by atoms with E-state index in [0.29, 0.717) is 19.0 Å². The average molecular weight is 246 g/mol. The molecule has 2 rings (SSSR count). The predicted molar refractivity (Wildman–Crippen MR) is 69.3 cm³/mol. The highest BCUT2D eigenvalue weighted by molar-refractivity contribution is 5.25. The summed E-state index contributed by atoms with van der Waals surface area (Å²) in [4.78, 5) is 4.25. The molecule has 0 aliphatic carbocycles. The van der Waals surface area contributed by atoms with Crippen LogP contribution in [0, 0.1) is 0 Å². The fourth-order valence-electron chi connectivity index (χ4n) is 1.62. The maximum Gasteiger partial charge on any atom is 0.218 e. The van der Waals surface area contributed by atoms with E-state index in [1.807, 2.05) is 38.1 Å². The first-order valence-corrected chi connectivity index (χ1v) is 6.09.